The molecule has 4 heterocycles. The zero-order chi connectivity index (χ0) is 29.6. The molecular weight excluding hydrogens is 546 g/mol. The van der Waals surface area contributed by atoms with Gasteiger partial charge in [-0.05, 0) is 92.8 Å². The first-order valence-electron chi connectivity index (χ1n) is 15.2. The van der Waals surface area contributed by atoms with Gasteiger partial charge in [-0.25, -0.2) is 4.98 Å². The van der Waals surface area contributed by atoms with E-state index in [1.807, 2.05) is 13.8 Å². The van der Waals surface area contributed by atoms with Crippen LogP contribution in [0.1, 0.15) is 60.1 Å². The van der Waals surface area contributed by atoms with E-state index >= 15 is 0 Å². The largest absolute Gasteiger partial charge is 0.488 e. The summed E-state index contributed by atoms with van der Waals surface area (Å²) in [5.74, 6) is 0.170. The van der Waals surface area contributed by atoms with Crippen LogP contribution >= 0.6 is 11.3 Å². The maximum atomic E-state index is 11.9. The van der Waals surface area contributed by atoms with Gasteiger partial charge in [-0.15, -0.1) is 11.3 Å². The van der Waals surface area contributed by atoms with Crippen LogP contribution in [0.2, 0.25) is 0 Å². The summed E-state index contributed by atoms with van der Waals surface area (Å²) >= 11 is 1.62. The highest BCUT2D eigenvalue weighted by Gasteiger charge is 2.43. The number of hydrogen-bond acceptors (Lipinski definition) is 7. The van der Waals surface area contributed by atoms with Crippen molar-refractivity contribution >= 4 is 22.4 Å². The second kappa shape index (κ2) is 11.6. The Hall–Kier alpha value is -2.94. The quantitative estimate of drug-likeness (QED) is 0.342. The van der Waals surface area contributed by atoms with Crippen molar-refractivity contribution in [3.8, 4) is 17.0 Å². The Kier molecular flexibility index (Phi) is 8.07. The molecular formula is C34H43N3O4S. The molecule has 1 aromatic heterocycles. The lowest BCUT2D eigenvalue weighted by atomic mass is 9.73. The molecule has 3 aliphatic rings. The van der Waals surface area contributed by atoms with Crippen molar-refractivity contribution in [1.82, 2.24) is 9.88 Å². The molecule has 0 saturated carbocycles. The van der Waals surface area contributed by atoms with Gasteiger partial charge in [-0.3, -0.25) is 9.69 Å². The summed E-state index contributed by atoms with van der Waals surface area (Å²) < 4.78 is 12.2. The molecule has 0 spiro atoms. The van der Waals surface area contributed by atoms with Crippen molar-refractivity contribution in [2.24, 2.45) is 11.3 Å². The van der Waals surface area contributed by atoms with Gasteiger partial charge in [0.2, 0.25) is 0 Å². The molecule has 0 bridgehead atoms. The molecule has 2 fully saturated rings. The molecule has 1 unspecified atom stereocenters. The lowest BCUT2D eigenvalue weighted by Crippen LogP contribution is -2.48. The summed E-state index contributed by atoms with van der Waals surface area (Å²) in [4.78, 5) is 21.7. The predicted octanol–water partition coefficient (Wildman–Crippen LogP) is 6.40. The number of aromatic nitrogens is 1. The number of thiazole rings is 1. The summed E-state index contributed by atoms with van der Waals surface area (Å²) in [7, 11) is 0. The second-order valence-corrected chi connectivity index (χ2v) is 13.6. The fourth-order valence-corrected chi connectivity index (χ4v) is 7.73. The van der Waals surface area contributed by atoms with Gasteiger partial charge in [-0.1, -0.05) is 24.6 Å². The van der Waals surface area contributed by atoms with Gasteiger partial charge < -0.3 is 19.5 Å². The van der Waals surface area contributed by atoms with E-state index in [4.69, 9.17) is 14.5 Å². The van der Waals surface area contributed by atoms with Crippen molar-refractivity contribution < 1.29 is 19.4 Å². The molecule has 2 saturated heterocycles. The van der Waals surface area contributed by atoms with E-state index in [1.165, 1.54) is 27.8 Å². The zero-order valence-corrected chi connectivity index (χ0v) is 26.4. The lowest BCUT2D eigenvalue weighted by Gasteiger charge is -2.41. The Bertz CT molecular complexity index is 1480. The van der Waals surface area contributed by atoms with Gasteiger partial charge in [0.15, 0.2) is 5.13 Å². The van der Waals surface area contributed by atoms with Crippen LogP contribution in [-0.2, 0) is 29.1 Å². The normalized spacial score (nSPS) is 24.5. The summed E-state index contributed by atoms with van der Waals surface area (Å²) in [6.45, 7) is 16.2. The number of piperidine rings is 1. The van der Waals surface area contributed by atoms with Crippen LogP contribution in [0.25, 0.3) is 11.3 Å². The maximum Gasteiger partial charge on any atom is 0.309 e. The zero-order valence-electron chi connectivity index (χ0n) is 25.5. The summed E-state index contributed by atoms with van der Waals surface area (Å²) in [6.07, 6.45) is 2.83. The third-order valence-corrected chi connectivity index (χ3v) is 11.0. The smallest absolute Gasteiger partial charge is 0.309 e. The van der Waals surface area contributed by atoms with Crippen molar-refractivity contribution in [3.05, 3.63) is 63.0 Å². The minimum absolute atomic E-state index is 0.0390. The molecule has 3 aliphatic heterocycles. The van der Waals surface area contributed by atoms with Gasteiger partial charge >= 0.3 is 5.97 Å². The highest BCUT2D eigenvalue weighted by molar-refractivity contribution is 7.14. The minimum Gasteiger partial charge on any atom is -0.488 e. The van der Waals surface area contributed by atoms with Gasteiger partial charge in [0.1, 0.15) is 12.4 Å². The molecule has 1 N–H and O–H groups in total. The fraction of sp³-hybridized carbons (Fsp3) is 0.529. The van der Waals surface area contributed by atoms with E-state index in [0.717, 1.165) is 66.8 Å². The number of aliphatic carboxylic acids is 1. The van der Waals surface area contributed by atoms with E-state index in [-0.39, 0.29) is 5.92 Å². The Morgan fingerprint density at radius 2 is 2.05 bits per heavy atom. The van der Waals surface area contributed by atoms with Gasteiger partial charge in [0.05, 0.1) is 17.7 Å². The molecule has 224 valence electrons. The first kappa shape index (κ1) is 29.1. The fourth-order valence-electron chi connectivity index (χ4n) is 6.87. The van der Waals surface area contributed by atoms with Crippen LogP contribution in [0.5, 0.6) is 5.75 Å². The average molecular weight is 590 g/mol. The number of fused-ring (bicyclic) bond motifs is 1. The van der Waals surface area contributed by atoms with Crippen molar-refractivity contribution in [1.29, 1.82) is 0 Å². The molecule has 6 rings (SSSR count). The topological polar surface area (TPSA) is 75.1 Å². The lowest BCUT2D eigenvalue weighted by molar-refractivity contribution is -0.152. The van der Waals surface area contributed by atoms with E-state index in [9.17, 15) is 9.90 Å². The first-order chi connectivity index (χ1) is 20.1. The highest BCUT2D eigenvalue weighted by atomic mass is 32.1. The number of aryl methyl sites for hydroxylation is 2. The summed E-state index contributed by atoms with van der Waals surface area (Å²) in [5, 5.41) is 12.8. The number of anilines is 1. The molecule has 2 aromatic carbocycles. The van der Waals surface area contributed by atoms with Crippen LogP contribution in [0.4, 0.5) is 5.13 Å². The average Bonchev–Trinajstić information content (AvgIpc) is 3.69. The molecule has 8 heteroatoms. The van der Waals surface area contributed by atoms with Crippen molar-refractivity contribution in [2.45, 2.75) is 73.1 Å². The highest BCUT2D eigenvalue weighted by Crippen LogP contribution is 2.41. The van der Waals surface area contributed by atoms with E-state index in [1.54, 1.807) is 11.3 Å². The van der Waals surface area contributed by atoms with Crippen molar-refractivity contribution in [2.75, 3.05) is 37.7 Å². The third kappa shape index (κ3) is 5.45. The van der Waals surface area contributed by atoms with Crippen molar-refractivity contribution in [3.63, 3.8) is 0 Å². The second-order valence-electron chi connectivity index (χ2n) is 12.8. The molecule has 7 nitrogen and oxygen atoms in total. The Morgan fingerprint density at radius 3 is 2.79 bits per heavy atom. The number of nitrogens with zero attached hydrogens (tertiary/aromatic N) is 3. The number of rotatable bonds is 7. The third-order valence-electron chi connectivity index (χ3n) is 10.1. The number of carboxylic acids is 1. The van der Waals surface area contributed by atoms with Gasteiger partial charge in [-0.2, -0.15) is 0 Å². The number of ether oxygens (including phenoxy) is 2. The van der Waals surface area contributed by atoms with E-state index in [2.05, 4.69) is 60.2 Å². The summed E-state index contributed by atoms with van der Waals surface area (Å²) in [5.41, 5.74) is 9.30. The standard InChI is InChI=1S/C34H43N3O4S/c1-21-6-7-31(28(14-21)30-20-42-33(35-30)37-12-10-34(5,32(38)39)23(3)16-37)41-18-25-15-22(2)29-17-36(26-9-13-40-19-26)11-8-27(29)24(25)4/h6-7,14-15,20,23,26H,8-13,16-19H2,1-5H3,(H,38,39)/t23-,26?,34-/m0/s1. The monoisotopic (exact) mass is 589 g/mol. The Morgan fingerprint density at radius 1 is 1.21 bits per heavy atom. The molecule has 0 aliphatic carbocycles. The molecule has 0 radical (unpaired) electrons. The van der Waals surface area contributed by atoms with Crippen LogP contribution in [-0.4, -0.2) is 59.8 Å². The van der Waals surface area contributed by atoms with Crippen LogP contribution in [0.3, 0.4) is 0 Å². The summed E-state index contributed by atoms with van der Waals surface area (Å²) in [6, 6.07) is 9.18. The Balaban J connectivity index is 1.19. The van der Waals surface area contributed by atoms with E-state index < -0.39 is 11.4 Å². The van der Waals surface area contributed by atoms with Gasteiger partial charge in [0, 0.05) is 49.8 Å². The molecule has 3 atom stereocenters. The minimum atomic E-state index is -0.707. The molecule has 42 heavy (non-hydrogen) atoms. The predicted molar refractivity (Wildman–Crippen MR) is 168 cm³/mol. The first-order valence-corrected chi connectivity index (χ1v) is 16.1. The van der Waals surface area contributed by atoms with Crippen LogP contribution in [0, 0.1) is 32.1 Å². The Labute approximate surface area is 253 Å². The molecule has 0 amide bonds. The number of benzene rings is 2. The van der Waals surface area contributed by atoms with Crippen LogP contribution in [0.15, 0.2) is 29.6 Å². The number of carboxylic acid groups (broad SMARTS) is 1. The van der Waals surface area contributed by atoms with E-state index in [0.29, 0.717) is 32.2 Å². The SMILES string of the molecule is Cc1ccc(OCc2cc(C)c3c(c2C)CCN(C2CCOC2)C3)c(-c2csc(N3CC[C@](C)(C(=O)O)[C@@H](C)C3)n2)c1. The van der Waals surface area contributed by atoms with Gasteiger partial charge in [0.25, 0.3) is 0 Å². The molecule has 3 aromatic rings. The number of hydrogen-bond donors (Lipinski definition) is 1. The maximum absolute atomic E-state index is 11.9. The number of carbonyl (C=O) groups is 1. The van der Waals surface area contributed by atoms with Crippen LogP contribution < -0.4 is 9.64 Å².